The van der Waals surface area contributed by atoms with Crippen molar-refractivity contribution in [3.8, 4) is 0 Å². The van der Waals surface area contributed by atoms with Gasteiger partial charge in [0.2, 0.25) is 0 Å². The molecule has 10 heteroatoms. The number of aromatic carboxylic acids is 1. The minimum Gasteiger partial charge on any atom is -0.477 e. The van der Waals surface area contributed by atoms with Crippen molar-refractivity contribution in [2.75, 3.05) is 5.32 Å². The van der Waals surface area contributed by atoms with Crippen LogP contribution in [0.4, 0.5) is 5.82 Å². The van der Waals surface area contributed by atoms with Crippen molar-refractivity contribution >= 4 is 28.9 Å². The van der Waals surface area contributed by atoms with Crippen LogP contribution in [0.15, 0.2) is 19.0 Å². The number of hydrogen-bond acceptors (Lipinski definition) is 6. The third-order valence-corrected chi connectivity index (χ3v) is 2.52. The number of rotatable bonds is 3. The van der Waals surface area contributed by atoms with Gasteiger partial charge in [-0.25, -0.2) is 24.7 Å². The summed E-state index contributed by atoms with van der Waals surface area (Å²) in [6, 6.07) is 0. The van der Waals surface area contributed by atoms with Gasteiger partial charge < -0.3 is 20.4 Å². The smallest absolute Gasteiger partial charge is 0.354 e. The first-order chi connectivity index (χ1) is 9.66. The number of aromatic nitrogens is 6. The van der Waals surface area contributed by atoms with Gasteiger partial charge in [-0.05, 0) is 0 Å². The highest BCUT2D eigenvalue weighted by Crippen LogP contribution is 2.15. The van der Waals surface area contributed by atoms with E-state index >= 15 is 0 Å². The molecule has 0 atom stereocenters. The van der Waals surface area contributed by atoms with E-state index in [-0.39, 0.29) is 17.2 Å². The van der Waals surface area contributed by atoms with E-state index in [1.807, 2.05) is 0 Å². The molecule has 0 unspecified atom stereocenters. The van der Waals surface area contributed by atoms with Gasteiger partial charge in [-0.3, -0.25) is 4.79 Å². The lowest BCUT2D eigenvalue weighted by Crippen LogP contribution is -2.17. The van der Waals surface area contributed by atoms with Crippen LogP contribution in [0.3, 0.4) is 0 Å². The number of nitrogens with one attached hydrogen (secondary N) is 3. The van der Waals surface area contributed by atoms with Gasteiger partial charge in [0.15, 0.2) is 22.9 Å². The average molecular weight is 273 g/mol. The van der Waals surface area contributed by atoms with E-state index < -0.39 is 11.9 Å². The van der Waals surface area contributed by atoms with Crippen molar-refractivity contribution in [1.29, 1.82) is 0 Å². The first kappa shape index (κ1) is 11.8. The second-order valence-electron chi connectivity index (χ2n) is 3.71. The standard InChI is InChI=1S/C10H7N7O3/c18-9(4-5(10(19)20)12-1-11-4)17-8-6-7(14-2-13-6)15-3-16-8/h1-3H,(H,11,12)(H,19,20)(H2,13,14,15,16,17,18). The number of anilines is 1. The highest BCUT2D eigenvalue weighted by atomic mass is 16.4. The number of carbonyl (C=O) groups excluding carboxylic acids is 1. The molecule has 20 heavy (non-hydrogen) atoms. The Morgan fingerprint density at radius 3 is 2.70 bits per heavy atom. The monoisotopic (exact) mass is 273 g/mol. The maximum atomic E-state index is 12.0. The molecule has 0 saturated carbocycles. The third kappa shape index (κ3) is 1.84. The highest BCUT2D eigenvalue weighted by Gasteiger charge is 2.21. The van der Waals surface area contributed by atoms with Crippen LogP contribution in [0.2, 0.25) is 0 Å². The van der Waals surface area contributed by atoms with E-state index in [2.05, 4.69) is 35.2 Å². The molecular weight excluding hydrogens is 266 g/mol. The van der Waals surface area contributed by atoms with Crippen LogP contribution < -0.4 is 5.32 Å². The molecule has 0 aliphatic carbocycles. The Labute approximate surface area is 110 Å². The molecule has 3 aromatic rings. The first-order valence-corrected chi connectivity index (χ1v) is 5.39. The predicted octanol–water partition coefficient (Wildman–Crippen LogP) is 0.0265. The quantitative estimate of drug-likeness (QED) is 0.525. The zero-order chi connectivity index (χ0) is 14.1. The van der Waals surface area contributed by atoms with Crippen LogP contribution in [0, 0.1) is 0 Å². The van der Waals surface area contributed by atoms with Crippen molar-refractivity contribution in [3.63, 3.8) is 0 Å². The van der Waals surface area contributed by atoms with Crippen LogP contribution >= 0.6 is 0 Å². The zero-order valence-electron chi connectivity index (χ0n) is 9.78. The van der Waals surface area contributed by atoms with Crippen molar-refractivity contribution in [3.05, 3.63) is 30.4 Å². The molecule has 0 aliphatic rings. The summed E-state index contributed by atoms with van der Waals surface area (Å²) in [5.74, 6) is -1.78. The second-order valence-corrected chi connectivity index (χ2v) is 3.71. The summed E-state index contributed by atoms with van der Waals surface area (Å²) in [5.41, 5.74) is 0.297. The van der Waals surface area contributed by atoms with Crippen LogP contribution in [0.5, 0.6) is 0 Å². The molecule has 1 amide bonds. The Kier molecular flexibility index (Phi) is 2.60. The number of hydrogen-bond donors (Lipinski definition) is 4. The number of fused-ring (bicyclic) bond motifs is 1. The highest BCUT2D eigenvalue weighted by molar-refractivity contribution is 6.10. The summed E-state index contributed by atoms with van der Waals surface area (Å²) in [4.78, 5) is 43.5. The number of carbonyl (C=O) groups is 2. The summed E-state index contributed by atoms with van der Waals surface area (Å²) in [6.45, 7) is 0. The van der Waals surface area contributed by atoms with Gasteiger partial charge in [-0.15, -0.1) is 0 Å². The van der Waals surface area contributed by atoms with Crippen molar-refractivity contribution in [2.24, 2.45) is 0 Å². The van der Waals surface area contributed by atoms with E-state index in [4.69, 9.17) is 5.11 Å². The van der Waals surface area contributed by atoms with Crippen molar-refractivity contribution in [2.45, 2.75) is 0 Å². The van der Waals surface area contributed by atoms with E-state index in [0.717, 1.165) is 6.33 Å². The van der Waals surface area contributed by atoms with Gasteiger partial charge in [0, 0.05) is 0 Å². The van der Waals surface area contributed by atoms with Crippen LogP contribution in [0.25, 0.3) is 11.2 Å². The van der Waals surface area contributed by atoms with E-state index in [0.29, 0.717) is 11.2 Å². The number of imidazole rings is 2. The molecule has 3 heterocycles. The van der Waals surface area contributed by atoms with Crippen molar-refractivity contribution in [1.82, 2.24) is 29.9 Å². The lowest BCUT2D eigenvalue weighted by Gasteiger charge is -2.03. The van der Waals surface area contributed by atoms with Gasteiger partial charge >= 0.3 is 5.97 Å². The van der Waals surface area contributed by atoms with Gasteiger partial charge in [0.25, 0.3) is 5.91 Å². The summed E-state index contributed by atoms with van der Waals surface area (Å²) in [7, 11) is 0. The Bertz CT molecular complexity index is 806. The molecule has 0 fully saturated rings. The van der Waals surface area contributed by atoms with E-state index in [1.165, 1.54) is 12.7 Å². The largest absolute Gasteiger partial charge is 0.477 e. The summed E-state index contributed by atoms with van der Waals surface area (Å²) in [6.07, 6.45) is 3.78. The number of aromatic amines is 2. The third-order valence-electron chi connectivity index (χ3n) is 2.52. The number of H-pyrrole nitrogens is 2. The Morgan fingerprint density at radius 1 is 1.10 bits per heavy atom. The normalized spacial score (nSPS) is 10.6. The fourth-order valence-corrected chi connectivity index (χ4v) is 1.66. The molecule has 0 aromatic carbocycles. The molecule has 0 radical (unpaired) electrons. The number of carboxylic acids is 1. The predicted molar refractivity (Wildman–Crippen MR) is 65.2 cm³/mol. The van der Waals surface area contributed by atoms with Crippen LogP contribution in [-0.2, 0) is 0 Å². The van der Waals surface area contributed by atoms with Gasteiger partial charge in [0.1, 0.15) is 11.8 Å². The summed E-state index contributed by atoms with van der Waals surface area (Å²) in [5, 5.41) is 11.4. The first-order valence-electron chi connectivity index (χ1n) is 5.39. The lowest BCUT2D eigenvalue weighted by atomic mass is 10.3. The van der Waals surface area contributed by atoms with E-state index in [1.54, 1.807) is 0 Å². The Morgan fingerprint density at radius 2 is 1.90 bits per heavy atom. The Hall–Kier alpha value is -3.30. The molecule has 3 aromatic heterocycles. The molecule has 0 aliphatic heterocycles. The summed E-state index contributed by atoms with van der Waals surface area (Å²) >= 11 is 0. The van der Waals surface area contributed by atoms with Crippen LogP contribution in [0.1, 0.15) is 21.0 Å². The number of amides is 1. The minimum absolute atomic E-state index is 0.192. The average Bonchev–Trinajstić information content (AvgIpc) is 3.08. The van der Waals surface area contributed by atoms with Gasteiger partial charge in [-0.1, -0.05) is 0 Å². The minimum atomic E-state index is -1.28. The SMILES string of the molecule is O=C(Nc1ncnc2nc[nH]c12)c1nc[nH]c1C(=O)O. The molecule has 100 valence electrons. The molecule has 0 bridgehead atoms. The zero-order valence-corrected chi connectivity index (χ0v) is 9.78. The van der Waals surface area contributed by atoms with E-state index in [9.17, 15) is 9.59 Å². The number of carboxylic acid groups (broad SMARTS) is 1. The molecule has 10 nitrogen and oxygen atoms in total. The Balaban J connectivity index is 1.95. The van der Waals surface area contributed by atoms with Crippen LogP contribution in [-0.4, -0.2) is 46.9 Å². The molecular formula is C10H7N7O3. The second kappa shape index (κ2) is 4.42. The molecule has 0 spiro atoms. The number of nitrogens with zero attached hydrogens (tertiary/aromatic N) is 4. The maximum absolute atomic E-state index is 12.0. The fraction of sp³-hybridized carbons (Fsp3) is 0. The van der Waals surface area contributed by atoms with Gasteiger partial charge in [-0.2, -0.15) is 0 Å². The van der Waals surface area contributed by atoms with Gasteiger partial charge in [0.05, 0.1) is 12.7 Å². The fourth-order valence-electron chi connectivity index (χ4n) is 1.66. The topological polar surface area (TPSA) is 150 Å². The molecule has 4 N–H and O–H groups in total. The molecule has 0 saturated heterocycles. The lowest BCUT2D eigenvalue weighted by molar-refractivity contribution is 0.0686. The van der Waals surface area contributed by atoms with Crippen molar-refractivity contribution < 1.29 is 14.7 Å². The summed E-state index contributed by atoms with van der Waals surface area (Å²) < 4.78 is 0. The molecule has 3 rings (SSSR count). The maximum Gasteiger partial charge on any atom is 0.354 e.